The van der Waals surface area contributed by atoms with E-state index in [1.165, 1.54) is 80.9 Å². The van der Waals surface area contributed by atoms with Crippen molar-refractivity contribution in [3.8, 4) is 0 Å². The second kappa shape index (κ2) is 20.2. The van der Waals surface area contributed by atoms with Crippen molar-refractivity contribution in [1.29, 1.82) is 0 Å². The summed E-state index contributed by atoms with van der Waals surface area (Å²) in [5, 5.41) is 0. The van der Waals surface area contributed by atoms with Gasteiger partial charge in [0.15, 0.2) is 0 Å². The van der Waals surface area contributed by atoms with Gasteiger partial charge in [-0.05, 0) is 28.8 Å². The number of anilines is 1. The summed E-state index contributed by atoms with van der Waals surface area (Å²) in [6.45, 7) is 5.22. The highest BCUT2D eigenvalue weighted by Gasteiger charge is 1.94. The SMILES string of the molecule is CCCCCCCCCCCCCCONc1ccccc1.C[SiH3]. The van der Waals surface area contributed by atoms with Crippen molar-refractivity contribution in [2.75, 3.05) is 12.1 Å². The van der Waals surface area contributed by atoms with Crippen molar-refractivity contribution < 1.29 is 4.84 Å². The van der Waals surface area contributed by atoms with Gasteiger partial charge in [0.2, 0.25) is 0 Å². The molecule has 1 rings (SSSR count). The van der Waals surface area contributed by atoms with Crippen LogP contribution in [0.2, 0.25) is 6.55 Å². The predicted octanol–water partition coefficient (Wildman–Crippen LogP) is 6.13. The summed E-state index contributed by atoms with van der Waals surface area (Å²) >= 11 is 0. The molecule has 0 fully saturated rings. The van der Waals surface area contributed by atoms with Crippen LogP contribution in [0, 0.1) is 0 Å². The van der Waals surface area contributed by atoms with Gasteiger partial charge < -0.3 is 0 Å². The van der Waals surface area contributed by atoms with Gasteiger partial charge in [-0.3, -0.25) is 10.3 Å². The van der Waals surface area contributed by atoms with Crippen molar-refractivity contribution in [1.82, 2.24) is 0 Å². The van der Waals surface area contributed by atoms with Crippen molar-refractivity contribution in [2.45, 2.75) is 90.5 Å². The summed E-state index contributed by atoms with van der Waals surface area (Å²) in [5.74, 6) is 0. The zero-order valence-electron chi connectivity index (χ0n) is 16.5. The quantitative estimate of drug-likeness (QED) is 0.233. The van der Waals surface area contributed by atoms with Crippen LogP contribution in [0.15, 0.2) is 30.3 Å². The van der Waals surface area contributed by atoms with Crippen LogP contribution in [0.5, 0.6) is 0 Å². The zero-order chi connectivity index (χ0) is 17.7. The lowest BCUT2D eigenvalue weighted by Crippen LogP contribution is -2.02. The average molecular weight is 352 g/mol. The van der Waals surface area contributed by atoms with E-state index in [1.807, 2.05) is 30.3 Å². The summed E-state index contributed by atoms with van der Waals surface area (Å²) in [6, 6.07) is 10.1. The van der Waals surface area contributed by atoms with Gasteiger partial charge in [0.1, 0.15) is 0 Å². The molecule has 0 aliphatic carbocycles. The zero-order valence-corrected chi connectivity index (χ0v) is 18.5. The minimum atomic E-state index is 0.798. The number of benzene rings is 1. The van der Waals surface area contributed by atoms with Crippen molar-refractivity contribution in [3.05, 3.63) is 30.3 Å². The maximum absolute atomic E-state index is 5.46. The van der Waals surface area contributed by atoms with Crippen LogP contribution in [-0.4, -0.2) is 16.8 Å². The molecule has 0 spiro atoms. The van der Waals surface area contributed by atoms with Gasteiger partial charge >= 0.3 is 0 Å². The number of unbranched alkanes of at least 4 members (excludes halogenated alkanes) is 11. The van der Waals surface area contributed by atoms with E-state index in [0.717, 1.165) is 18.7 Å². The normalized spacial score (nSPS) is 10.2. The molecule has 3 heteroatoms. The summed E-state index contributed by atoms with van der Waals surface area (Å²) in [4.78, 5) is 5.46. The number of nitrogens with one attached hydrogen (secondary N) is 1. The number of hydrogen-bond acceptors (Lipinski definition) is 2. The van der Waals surface area contributed by atoms with Gasteiger partial charge in [0.25, 0.3) is 0 Å². The van der Waals surface area contributed by atoms with Crippen LogP contribution in [0.1, 0.15) is 84.0 Å². The standard InChI is InChI=1S/C20H35NO.CH6Si/c1-2-3-4-5-6-7-8-9-10-11-12-16-19-22-21-20-17-14-13-15-18-20;1-2/h13-15,17-18,21H,2-12,16,19H2,1H3;1-2H3. The average Bonchev–Trinajstić information content (AvgIpc) is 2.64. The van der Waals surface area contributed by atoms with Gasteiger partial charge in [-0.2, -0.15) is 0 Å². The Bertz CT molecular complexity index is 332. The number of para-hydroxylation sites is 1. The minimum Gasteiger partial charge on any atom is -0.276 e. The Morgan fingerprint density at radius 3 is 1.67 bits per heavy atom. The highest BCUT2D eigenvalue weighted by molar-refractivity contribution is 6.05. The molecule has 0 bridgehead atoms. The van der Waals surface area contributed by atoms with Crippen molar-refractivity contribution in [2.24, 2.45) is 0 Å². The third-order valence-corrected chi connectivity index (χ3v) is 4.06. The Morgan fingerprint density at radius 1 is 0.708 bits per heavy atom. The highest BCUT2D eigenvalue weighted by atomic mass is 28.1. The molecule has 0 radical (unpaired) electrons. The van der Waals surface area contributed by atoms with Crippen molar-refractivity contribution in [3.63, 3.8) is 0 Å². The molecule has 24 heavy (non-hydrogen) atoms. The summed E-state index contributed by atoms with van der Waals surface area (Å²) < 4.78 is 0. The minimum absolute atomic E-state index is 0.798. The van der Waals surface area contributed by atoms with Gasteiger partial charge in [-0.25, -0.2) is 0 Å². The Morgan fingerprint density at radius 2 is 1.17 bits per heavy atom. The third-order valence-electron chi connectivity index (χ3n) is 4.06. The summed E-state index contributed by atoms with van der Waals surface area (Å²) in [5.41, 5.74) is 4.01. The largest absolute Gasteiger partial charge is 0.276 e. The van der Waals surface area contributed by atoms with Crippen LogP contribution >= 0.6 is 0 Å². The van der Waals surface area contributed by atoms with E-state index in [-0.39, 0.29) is 0 Å². The molecule has 0 aliphatic rings. The molecule has 0 unspecified atom stereocenters. The van der Waals surface area contributed by atoms with Gasteiger partial charge in [-0.1, -0.05) is 102 Å². The van der Waals surface area contributed by atoms with E-state index < -0.39 is 0 Å². The molecule has 0 atom stereocenters. The van der Waals surface area contributed by atoms with E-state index >= 15 is 0 Å². The van der Waals surface area contributed by atoms with Gasteiger partial charge in [-0.15, -0.1) is 0 Å². The maximum atomic E-state index is 5.46. The molecule has 0 aliphatic heterocycles. The Hall–Kier alpha value is -0.803. The first-order valence-electron chi connectivity index (χ1n) is 10.4. The van der Waals surface area contributed by atoms with Gasteiger partial charge in [0.05, 0.1) is 12.3 Å². The molecule has 0 heterocycles. The first-order valence-corrected chi connectivity index (χ1v) is 12.4. The number of hydrogen-bond donors (Lipinski definition) is 1. The van der Waals surface area contributed by atoms with Crippen LogP contribution in [0.25, 0.3) is 0 Å². The monoisotopic (exact) mass is 351 g/mol. The fourth-order valence-corrected chi connectivity index (χ4v) is 2.66. The first kappa shape index (κ1) is 23.2. The van der Waals surface area contributed by atoms with E-state index in [2.05, 4.69) is 19.0 Å². The van der Waals surface area contributed by atoms with E-state index in [0.29, 0.717) is 0 Å². The van der Waals surface area contributed by atoms with E-state index in [9.17, 15) is 0 Å². The number of rotatable bonds is 15. The second-order valence-corrected chi connectivity index (χ2v) is 6.21. The lowest BCUT2D eigenvalue weighted by Gasteiger charge is -2.06. The Kier molecular flexibility index (Phi) is 19.6. The van der Waals surface area contributed by atoms with Crippen molar-refractivity contribution >= 4 is 15.9 Å². The summed E-state index contributed by atoms with van der Waals surface area (Å²) in [6.07, 6.45) is 16.6. The highest BCUT2D eigenvalue weighted by Crippen LogP contribution is 2.12. The van der Waals surface area contributed by atoms with Gasteiger partial charge in [0, 0.05) is 0 Å². The molecule has 0 amide bonds. The molecule has 0 saturated heterocycles. The Labute approximate surface area is 154 Å². The van der Waals surface area contributed by atoms with Crippen LogP contribution in [-0.2, 0) is 4.84 Å². The third kappa shape index (κ3) is 16.1. The Balaban J connectivity index is 0.00000254. The fraction of sp³-hybridized carbons (Fsp3) is 0.714. The van der Waals surface area contributed by atoms with Crippen LogP contribution < -0.4 is 5.48 Å². The lowest BCUT2D eigenvalue weighted by molar-refractivity contribution is 0.187. The lowest BCUT2D eigenvalue weighted by atomic mass is 10.1. The van der Waals surface area contributed by atoms with Crippen LogP contribution in [0.3, 0.4) is 0 Å². The smallest absolute Gasteiger partial charge is 0.0746 e. The molecule has 0 aromatic heterocycles. The molecule has 140 valence electrons. The molecule has 1 N–H and O–H groups in total. The molecule has 2 nitrogen and oxygen atoms in total. The molecule has 1 aromatic carbocycles. The molecule has 1 aromatic rings. The first-order chi connectivity index (χ1) is 11.9. The summed E-state index contributed by atoms with van der Waals surface area (Å²) in [7, 11) is 1.31. The van der Waals surface area contributed by atoms with E-state index in [4.69, 9.17) is 4.84 Å². The second-order valence-electron chi connectivity index (χ2n) is 6.21. The fourth-order valence-electron chi connectivity index (χ4n) is 2.66. The van der Waals surface area contributed by atoms with E-state index in [1.54, 1.807) is 0 Å². The predicted molar refractivity (Wildman–Crippen MR) is 113 cm³/mol. The molecule has 0 saturated carbocycles. The van der Waals surface area contributed by atoms with Crippen LogP contribution in [0.4, 0.5) is 5.69 Å². The topological polar surface area (TPSA) is 21.3 Å². The molecular formula is C21H41NOSi. The molecular weight excluding hydrogens is 310 g/mol. The maximum Gasteiger partial charge on any atom is 0.0746 e.